The van der Waals surface area contributed by atoms with E-state index in [1.54, 1.807) is 7.05 Å². The predicted molar refractivity (Wildman–Crippen MR) is 62.0 cm³/mol. The molecule has 0 N–H and O–H groups in total. The highest BCUT2D eigenvalue weighted by molar-refractivity contribution is 6.05. The van der Waals surface area contributed by atoms with Crippen LogP contribution < -0.4 is 0 Å². The zero-order valence-electron chi connectivity index (χ0n) is 10.6. The zero-order chi connectivity index (χ0) is 12.3. The first-order valence-corrected chi connectivity index (χ1v) is 5.66. The Bertz CT molecular complexity index is 278. The number of carbonyl (C=O) groups is 2. The van der Waals surface area contributed by atoms with Gasteiger partial charge in [-0.2, -0.15) is 0 Å². The Kier molecular flexibility index (Phi) is 4.44. The van der Waals surface area contributed by atoms with Gasteiger partial charge in [-0.1, -0.05) is 6.92 Å². The summed E-state index contributed by atoms with van der Waals surface area (Å²) in [7, 11) is 5.56. The van der Waals surface area contributed by atoms with Crippen LogP contribution >= 0.6 is 0 Å². The highest BCUT2D eigenvalue weighted by atomic mass is 16.2. The van der Waals surface area contributed by atoms with E-state index in [1.165, 1.54) is 4.90 Å². The van der Waals surface area contributed by atoms with E-state index in [2.05, 4.69) is 9.80 Å². The second-order valence-electron chi connectivity index (χ2n) is 4.44. The molecule has 0 aromatic heterocycles. The molecule has 0 aromatic rings. The van der Waals surface area contributed by atoms with Gasteiger partial charge < -0.3 is 4.90 Å². The van der Waals surface area contributed by atoms with Gasteiger partial charge in [0.05, 0.1) is 12.5 Å². The van der Waals surface area contributed by atoms with Crippen LogP contribution in [0.5, 0.6) is 0 Å². The maximum atomic E-state index is 11.8. The summed E-state index contributed by atoms with van der Waals surface area (Å²) in [6.45, 7) is 4.54. The summed E-state index contributed by atoms with van der Waals surface area (Å²) in [6.07, 6.45) is 0.330. The molecule has 0 bridgehead atoms. The van der Waals surface area contributed by atoms with Crippen molar-refractivity contribution in [1.82, 2.24) is 14.7 Å². The number of amides is 2. The SMILES string of the molecule is CCN(CCN(C)C)C1CC(=O)N(C)C1=O. The van der Waals surface area contributed by atoms with Crippen molar-refractivity contribution >= 4 is 11.8 Å². The number of likely N-dealkylation sites (tertiary alicyclic amines) is 1. The van der Waals surface area contributed by atoms with Crippen molar-refractivity contribution < 1.29 is 9.59 Å². The van der Waals surface area contributed by atoms with Crippen molar-refractivity contribution in [3.05, 3.63) is 0 Å². The van der Waals surface area contributed by atoms with Crippen molar-refractivity contribution in [2.24, 2.45) is 0 Å². The summed E-state index contributed by atoms with van der Waals surface area (Å²) < 4.78 is 0. The smallest absolute Gasteiger partial charge is 0.246 e. The van der Waals surface area contributed by atoms with Gasteiger partial charge in [-0.3, -0.25) is 19.4 Å². The third-order valence-electron chi connectivity index (χ3n) is 3.04. The molecule has 1 atom stereocenters. The van der Waals surface area contributed by atoms with E-state index in [0.717, 1.165) is 19.6 Å². The molecule has 0 spiro atoms. The van der Waals surface area contributed by atoms with Crippen LogP contribution in [0.15, 0.2) is 0 Å². The molecule has 1 aliphatic rings. The fourth-order valence-electron chi connectivity index (χ4n) is 1.88. The number of imide groups is 1. The quantitative estimate of drug-likeness (QED) is 0.601. The average molecular weight is 227 g/mol. The lowest BCUT2D eigenvalue weighted by molar-refractivity contribution is -0.138. The molecule has 16 heavy (non-hydrogen) atoms. The highest BCUT2D eigenvalue weighted by Crippen LogP contribution is 2.16. The standard InChI is InChI=1S/C11H21N3O2/c1-5-14(7-6-12(2)3)9-8-10(15)13(4)11(9)16/h9H,5-8H2,1-4H3. The summed E-state index contributed by atoms with van der Waals surface area (Å²) in [5.41, 5.74) is 0. The van der Waals surface area contributed by atoms with Crippen molar-refractivity contribution in [2.45, 2.75) is 19.4 Å². The van der Waals surface area contributed by atoms with Crippen molar-refractivity contribution in [3.63, 3.8) is 0 Å². The minimum Gasteiger partial charge on any atom is -0.308 e. The molecule has 1 fully saturated rings. The molecule has 0 aromatic carbocycles. The van der Waals surface area contributed by atoms with E-state index < -0.39 is 0 Å². The van der Waals surface area contributed by atoms with Gasteiger partial charge in [0.15, 0.2) is 0 Å². The molecule has 1 rings (SSSR count). The molecule has 1 unspecified atom stereocenters. The van der Waals surface area contributed by atoms with Gasteiger partial charge >= 0.3 is 0 Å². The Morgan fingerprint density at radius 3 is 2.31 bits per heavy atom. The highest BCUT2D eigenvalue weighted by Gasteiger charge is 2.38. The summed E-state index contributed by atoms with van der Waals surface area (Å²) in [5.74, 6) is -0.135. The first-order chi connectivity index (χ1) is 7.47. The molecular weight excluding hydrogens is 206 g/mol. The lowest BCUT2D eigenvalue weighted by Crippen LogP contribution is -2.43. The lowest BCUT2D eigenvalue weighted by Gasteiger charge is -2.26. The monoisotopic (exact) mass is 227 g/mol. The van der Waals surface area contributed by atoms with Gasteiger partial charge in [0.2, 0.25) is 11.8 Å². The minimum atomic E-state index is -0.248. The summed E-state index contributed by atoms with van der Waals surface area (Å²) in [4.78, 5) is 28.6. The number of hydrogen-bond donors (Lipinski definition) is 0. The molecule has 0 saturated carbocycles. The van der Waals surface area contributed by atoms with Crippen LogP contribution in [-0.2, 0) is 9.59 Å². The van der Waals surface area contributed by atoms with Crippen LogP contribution in [0, 0.1) is 0 Å². The number of hydrogen-bond acceptors (Lipinski definition) is 4. The molecule has 1 heterocycles. The first-order valence-electron chi connectivity index (χ1n) is 5.66. The largest absolute Gasteiger partial charge is 0.308 e. The van der Waals surface area contributed by atoms with Gasteiger partial charge in [0.25, 0.3) is 0 Å². The molecule has 5 nitrogen and oxygen atoms in total. The minimum absolute atomic E-state index is 0.0643. The number of nitrogens with zero attached hydrogens (tertiary/aromatic N) is 3. The molecule has 0 radical (unpaired) electrons. The van der Waals surface area contributed by atoms with Gasteiger partial charge in [0.1, 0.15) is 0 Å². The van der Waals surface area contributed by atoms with E-state index >= 15 is 0 Å². The van der Waals surface area contributed by atoms with E-state index in [9.17, 15) is 9.59 Å². The molecule has 0 aliphatic carbocycles. The Hall–Kier alpha value is -0.940. The molecule has 92 valence electrons. The van der Waals surface area contributed by atoms with E-state index in [1.807, 2.05) is 21.0 Å². The van der Waals surface area contributed by atoms with Gasteiger partial charge in [-0.15, -0.1) is 0 Å². The van der Waals surface area contributed by atoms with Crippen molar-refractivity contribution in [3.8, 4) is 0 Å². The molecular formula is C11H21N3O2. The number of carbonyl (C=O) groups excluding carboxylic acids is 2. The Balaban J connectivity index is 2.60. The van der Waals surface area contributed by atoms with E-state index in [4.69, 9.17) is 0 Å². The maximum absolute atomic E-state index is 11.8. The van der Waals surface area contributed by atoms with E-state index in [-0.39, 0.29) is 17.9 Å². The Labute approximate surface area is 97.0 Å². The summed E-state index contributed by atoms with van der Waals surface area (Å²) in [6, 6.07) is -0.248. The third-order valence-corrected chi connectivity index (χ3v) is 3.04. The first kappa shape index (κ1) is 13.1. The van der Waals surface area contributed by atoms with Crippen LogP contribution in [0.3, 0.4) is 0 Å². The summed E-state index contributed by atoms with van der Waals surface area (Å²) in [5, 5.41) is 0. The zero-order valence-corrected chi connectivity index (χ0v) is 10.6. The Morgan fingerprint density at radius 1 is 1.31 bits per heavy atom. The van der Waals surface area contributed by atoms with Crippen LogP contribution in [0.4, 0.5) is 0 Å². The molecule has 1 saturated heterocycles. The van der Waals surface area contributed by atoms with Crippen molar-refractivity contribution in [1.29, 1.82) is 0 Å². The van der Waals surface area contributed by atoms with Crippen LogP contribution in [0.25, 0.3) is 0 Å². The fraction of sp³-hybridized carbons (Fsp3) is 0.818. The topological polar surface area (TPSA) is 43.9 Å². The van der Waals surface area contributed by atoms with Gasteiger partial charge in [0, 0.05) is 20.1 Å². The summed E-state index contributed by atoms with van der Waals surface area (Å²) >= 11 is 0. The molecule has 2 amide bonds. The van der Waals surface area contributed by atoms with Crippen LogP contribution in [-0.4, -0.2) is 73.3 Å². The maximum Gasteiger partial charge on any atom is 0.246 e. The fourth-order valence-corrected chi connectivity index (χ4v) is 1.88. The van der Waals surface area contributed by atoms with Crippen LogP contribution in [0.2, 0.25) is 0 Å². The Morgan fingerprint density at radius 2 is 1.94 bits per heavy atom. The normalized spacial score (nSPS) is 21.6. The second-order valence-corrected chi connectivity index (χ2v) is 4.44. The second kappa shape index (κ2) is 5.41. The molecule has 1 aliphatic heterocycles. The number of rotatable bonds is 5. The third kappa shape index (κ3) is 2.80. The number of likely N-dealkylation sites (N-methyl/N-ethyl adjacent to an activating group) is 3. The van der Waals surface area contributed by atoms with Gasteiger partial charge in [-0.05, 0) is 20.6 Å². The molecule has 5 heteroatoms. The van der Waals surface area contributed by atoms with Gasteiger partial charge in [-0.25, -0.2) is 0 Å². The lowest BCUT2D eigenvalue weighted by atomic mass is 10.2. The van der Waals surface area contributed by atoms with Crippen LogP contribution in [0.1, 0.15) is 13.3 Å². The predicted octanol–water partition coefficient (Wildman–Crippen LogP) is -0.373. The average Bonchev–Trinajstić information content (AvgIpc) is 2.47. The van der Waals surface area contributed by atoms with E-state index in [0.29, 0.717) is 6.42 Å². The van der Waals surface area contributed by atoms with Crippen molar-refractivity contribution in [2.75, 3.05) is 40.8 Å².